The molecule has 1 fully saturated rings. The van der Waals surface area contributed by atoms with Gasteiger partial charge in [0.05, 0.1) is 24.4 Å². The molecule has 1 aliphatic rings. The molecule has 0 radical (unpaired) electrons. The quantitative estimate of drug-likeness (QED) is 0.483. The molecule has 0 bridgehead atoms. The van der Waals surface area contributed by atoms with E-state index < -0.39 is 11.0 Å². The molecule has 0 saturated carbocycles. The van der Waals surface area contributed by atoms with Crippen LogP contribution >= 0.6 is 0 Å². The van der Waals surface area contributed by atoms with E-state index in [4.69, 9.17) is 0 Å². The number of hydrogen-bond acceptors (Lipinski definition) is 4. The van der Waals surface area contributed by atoms with Crippen LogP contribution in [0.15, 0.2) is 24.3 Å². The summed E-state index contributed by atoms with van der Waals surface area (Å²) < 4.78 is 0. The number of quaternary nitrogens is 1. The monoisotopic (exact) mass is 279 g/mol. The van der Waals surface area contributed by atoms with Gasteiger partial charge in [-0.05, 0) is 12.1 Å². The lowest BCUT2D eigenvalue weighted by Crippen LogP contribution is -2.96. The zero-order valence-electron chi connectivity index (χ0n) is 10.7. The number of anilines is 1. The van der Waals surface area contributed by atoms with Crippen molar-refractivity contribution in [2.75, 3.05) is 18.4 Å². The number of amides is 2. The number of nitrogens with two attached hydrogens (primary N) is 1. The molecule has 0 aliphatic carbocycles. The summed E-state index contributed by atoms with van der Waals surface area (Å²) in [6, 6.07) is 5.13. The van der Waals surface area contributed by atoms with Crippen molar-refractivity contribution in [1.82, 2.24) is 5.32 Å². The maximum Gasteiger partial charge on any atom is 0.278 e. The Morgan fingerprint density at radius 3 is 2.75 bits per heavy atom. The number of nitrogens with one attached hydrogen (secondary N) is 2. The van der Waals surface area contributed by atoms with Gasteiger partial charge in [0, 0.05) is 17.8 Å². The first kappa shape index (κ1) is 13.9. The number of carbonyl (C=O) groups excluding carboxylic acids is 2. The molecule has 1 aromatic carbocycles. The Morgan fingerprint density at radius 2 is 2.15 bits per heavy atom. The Balaban J connectivity index is 1.90. The fourth-order valence-corrected chi connectivity index (χ4v) is 1.97. The van der Waals surface area contributed by atoms with Crippen LogP contribution in [0.4, 0.5) is 11.4 Å². The summed E-state index contributed by atoms with van der Waals surface area (Å²) in [5.41, 5.74) is 0.430. The molecule has 0 unspecified atom stereocenters. The highest BCUT2D eigenvalue weighted by molar-refractivity contribution is 5.94. The van der Waals surface area contributed by atoms with Gasteiger partial charge in [-0.2, -0.15) is 0 Å². The molecular weight excluding hydrogens is 264 g/mol. The van der Waals surface area contributed by atoms with E-state index in [0.717, 1.165) is 6.54 Å². The second-order valence-corrected chi connectivity index (χ2v) is 4.48. The zero-order valence-corrected chi connectivity index (χ0v) is 10.7. The van der Waals surface area contributed by atoms with Crippen LogP contribution in [-0.2, 0) is 9.59 Å². The molecule has 8 nitrogen and oxygen atoms in total. The summed E-state index contributed by atoms with van der Waals surface area (Å²) >= 11 is 0. The van der Waals surface area contributed by atoms with Crippen LogP contribution in [0.5, 0.6) is 0 Å². The Kier molecular flexibility index (Phi) is 4.26. The molecule has 4 N–H and O–H groups in total. The Morgan fingerprint density at radius 1 is 1.45 bits per heavy atom. The molecule has 2 amide bonds. The van der Waals surface area contributed by atoms with E-state index in [1.807, 2.05) is 5.32 Å². The van der Waals surface area contributed by atoms with Crippen LogP contribution < -0.4 is 16.0 Å². The Labute approximate surface area is 114 Å². The Bertz CT molecular complexity index is 529. The van der Waals surface area contributed by atoms with Crippen molar-refractivity contribution in [2.45, 2.75) is 12.5 Å². The van der Waals surface area contributed by atoms with Crippen LogP contribution in [0.3, 0.4) is 0 Å². The van der Waals surface area contributed by atoms with Crippen molar-refractivity contribution in [3.05, 3.63) is 34.4 Å². The third-order valence-electron chi connectivity index (χ3n) is 3.00. The highest BCUT2D eigenvalue weighted by Gasteiger charge is 2.27. The van der Waals surface area contributed by atoms with Crippen LogP contribution in [0, 0.1) is 10.1 Å². The van der Waals surface area contributed by atoms with Gasteiger partial charge in [-0.15, -0.1) is 0 Å². The zero-order chi connectivity index (χ0) is 14.5. The number of benzene rings is 1. The second kappa shape index (κ2) is 6.11. The highest BCUT2D eigenvalue weighted by atomic mass is 16.6. The van der Waals surface area contributed by atoms with E-state index in [1.54, 1.807) is 0 Å². The van der Waals surface area contributed by atoms with Crippen molar-refractivity contribution in [3.8, 4) is 0 Å². The van der Waals surface area contributed by atoms with Crippen LogP contribution in [0.1, 0.15) is 6.42 Å². The molecule has 1 atom stereocenters. The van der Waals surface area contributed by atoms with Crippen molar-refractivity contribution >= 4 is 23.2 Å². The minimum Gasteiger partial charge on any atom is -0.345 e. The summed E-state index contributed by atoms with van der Waals surface area (Å²) in [6.45, 7) is 1.36. The molecular formula is C12H15N4O4+. The number of hydrogen-bond donors (Lipinski definition) is 3. The van der Waals surface area contributed by atoms with Gasteiger partial charge in [-0.25, -0.2) is 0 Å². The van der Waals surface area contributed by atoms with Gasteiger partial charge in [0.1, 0.15) is 0 Å². The largest absolute Gasteiger partial charge is 0.345 e. The molecule has 1 saturated heterocycles. The molecule has 20 heavy (non-hydrogen) atoms. The number of nitro groups is 1. The summed E-state index contributed by atoms with van der Waals surface area (Å²) in [5.74, 6) is -0.438. The molecule has 1 aliphatic heterocycles. The van der Waals surface area contributed by atoms with Gasteiger partial charge in [0.2, 0.25) is 5.91 Å². The molecule has 0 spiro atoms. The third-order valence-corrected chi connectivity index (χ3v) is 3.00. The number of nitrogens with zero attached hydrogens (tertiary/aromatic N) is 1. The van der Waals surface area contributed by atoms with Gasteiger partial charge in [0.25, 0.3) is 11.6 Å². The third kappa shape index (κ3) is 3.51. The lowest BCUT2D eigenvalue weighted by atomic mass is 10.1. The van der Waals surface area contributed by atoms with Gasteiger partial charge in [-0.1, -0.05) is 0 Å². The number of nitro benzene ring substituents is 1. The SMILES string of the molecule is O=C(C[C@H]1[NH2+]CCNC1=O)Nc1ccc([N+](=O)[O-])cc1. The normalized spacial score (nSPS) is 18.2. The lowest BCUT2D eigenvalue weighted by Gasteiger charge is -2.19. The van der Waals surface area contributed by atoms with Crippen LogP contribution in [0.25, 0.3) is 0 Å². The number of rotatable bonds is 4. The molecule has 1 aromatic rings. The topological polar surface area (TPSA) is 118 Å². The van der Waals surface area contributed by atoms with Gasteiger partial charge in [-0.3, -0.25) is 19.7 Å². The summed E-state index contributed by atoms with van der Waals surface area (Å²) in [7, 11) is 0. The smallest absolute Gasteiger partial charge is 0.278 e. The second-order valence-electron chi connectivity index (χ2n) is 4.48. The lowest BCUT2D eigenvalue weighted by molar-refractivity contribution is -0.678. The highest BCUT2D eigenvalue weighted by Crippen LogP contribution is 2.15. The van der Waals surface area contributed by atoms with Crippen LogP contribution in [-0.4, -0.2) is 35.9 Å². The first-order chi connectivity index (χ1) is 9.56. The molecule has 1 heterocycles. The minimum absolute atomic E-state index is 0.0389. The summed E-state index contributed by atoms with van der Waals surface area (Å²) in [5, 5.41) is 17.6. The van der Waals surface area contributed by atoms with Crippen molar-refractivity contribution in [1.29, 1.82) is 0 Å². The van der Waals surface area contributed by atoms with E-state index in [-0.39, 0.29) is 23.9 Å². The average Bonchev–Trinajstić information content (AvgIpc) is 2.42. The standard InChI is InChI=1S/C12H14N4O4/c17-11(7-10-12(18)14-6-5-13-10)15-8-1-3-9(4-2-8)16(19)20/h1-4,10,13H,5-7H2,(H,14,18)(H,15,17)/p+1/t10-/m1/s1. The van der Waals surface area contributed by atoms with Gasteiger partial charge < -0.3 is 16.0 Å². The first-order valence-electron chi connectivity index (χ1n) is 6.21. The van der Waals surface area contributed by atoms with Gasteiger partial charge in [0.15, 0.2) is 6.04 Å². The van der Waals surface area contributed by atoms with E-state index in [2.05, 4.69) is 10.6 Å². The van der Waals surface area contributed by atoms with Crippen molar-refractivity contribution in [3.63, 3.8) is 0 Å². The average molecular weight is 279 g/mol. The molecule has 2 rings (SSSR count). The minimum atomic E-state index is -0.507. The summed E-state index contributed by atoms with van der Waals surface area (Å²) in [4.78, 5) is 33.3. The van der Waals surface area contributed by atoms with E-state index in [1.165, 1.54) is 24.3 Å². The Hall–Kier alpha value is -2.48. The van der Waals surface area contributed by atoms with Crippen LogP contribution in [0.2, 0.25) is 0 Å². The molecule has 8 heteroatoms. The first-order valence-corrected chi connectivity index (χ1v) is 6.21. The van der Waals surface area contributed by atoms with E-state index in [0.29, 0.717) is 12.2 Å². The predicted octanol–water partition coefficient (Wildman–Crippen LogP) is -1.01. The maximum atomic E-state index is 11.8. The van der Waals surface area contributed by atoms with Crippen molar-refractivity contribution in [2.24, 2.45) is 0 Å². The molecule has 0 aromatic heterocycles. The fraction of sp³-hybridized carbons (Fsp3) is 0.333. The summed E-state index contributed by atoms with van der Waals surface area (Å²) in [6.07, 6.45) is 0.0722. The maximum absolute atomic E-state index is 11.8. The molecule has 106 valence electrons. The predicted molar refractivity (Wildman–Crippen MR) is 69.9 cm³/mol. The fourth-order valence-electron chi connectivity index (χ4n) is 1.97. The van der Waals surface area contributed by atoms with Crippen molar-refractivity contribution < 1.29 is 19.8 Å². The number of piperazine rings is 1. The van der Waals surface area contributed by atoms with E-state index in [9.17, 15) is 19.7 Å². The van der Waals surface area contributed by atoms with E-state index >= 15 is 0 Å². The number of carbonyl (C=O) groups is 2. The van der Waals surface area contributed by atoms with Gasteiger partial charge >= 0.3 is 0 Å². The number of non-ortho nitro benzene ring substituents is 1.